The number of carbonyl (C=O) groups is 1. The molecular weight excluding hydrogens is 428 g/mol. The number of aliphatic hydroxyl groups excluding tert-OH is 1. The van der Waals surface area contributed by atoms with Gasteiger partial charge in [-0.3, -0.25) is 0 Å². The average Bonchev–Trinajstić information content (AvgIpc) is 1.83. The molecular formula is C5H12Br4O3. The molecule has 3 nitrogen and oxygen atoms in total. The highest BCUT2D eigenvalue weighted by Gasteiger charge is 1.90. The third-order valence-corrected chi connectivity index (χ3v) is 0.502. The van der Waals surface area contributed by atoms with Crippen LogP contribution in [-0.2, 0) is 9.53 Å². The van der Waals surface area contributed by atoms with Crippen LogP contribution in [0.2, 0.25) is 0 Å². The molecule has 78 valence electrons. The van der Waals surface area contributed by atoms with Crippen molar-refractivity contribution in [1.82, 2.24) is 0 Å². The van der Waals surface area contributed by atoms with E-state index in [9.17, 15) is 4.79 Å². The van der Waals surface area contributed by atoms with Crippen LogP contribution in [0, 0.1) is 0 Å². The van der Waals surface area contributed by atoms with Gasteiger partial charge in [0.05, 0.1) is 6.61 Å². The highest BCUT2D eigenvalue weighted by molar-refractivity contribution is 8.93. The molecule has 1 N–H and O–H groups in total. The molecule has 12 heavy (non-hydrogen) atoms. The van der Waals surface area contributed by atoms with Crippen molar-refractivity contribution in [2.24, 2.45) is 0 Å². The van der Waals surface area contributed by atoms with E-state index < -0.39 is 5.97 Å². The van der Waals surface area contributed by atoms with Gasteiger partial charge in [-0.2, -0.15) is 0 Å². The van der Waals surface area contributed by atoms with Crippen LogP contribution in [0.25, 0.3) is 0 Å². The molecule has 0 aromatic rings. The molecule has 0 aromatic carbocycles. The molecule has 0 saturated heterocycles. The van der Waals surface area contributed by atoms with Gasteiger partial charge in [0.25, 0.3) is 0 Å². The van der Waals surface area contributed by atoms with E-state index in [1.807, 2.05) is 0 Å². The van der Waals surface area contributed by atoms with Crippen LogP contribution < -0.4 is 0 Å². The fourth-order valence-corrected chi connectivity index (χ4v) is 0.205. The van der Waals surface area contributed by atoms with Gasteiger partial charge in [-0.1, -0.05) is 6.58 Å². The van der Waals surface area contributed by atoms with Crippen LogP contribution in [0.15, 0.2) is 12.7 Å². The van der Waals surface area contributed by atoms with Crippen LogP contribution in [0.1, 0.15) is 0 Å². The monoisotopic (exact) mass is 436 g/mol. The summed E-state index contributed by atoms with van der Waals surface area (Å²) in [6.07, 6.45) is 1.05. The van der Waals surface area contributed by atoms with Crippen LogP contribution in [0.3, 0.4) is 0 Å². The summed E-state index contributed by atoms with van der Waals surface area (Å²) < 4.78 is 4.33. The lowest BCUT2D eigenvalue weighted by Crippen LogP contribution is -2.04. The lowest BCUT2D eigenvalue weighted by atomic mass is 10.6. The van der Waals surface area contributed by atoms with Crippen molar-refractivity contribution < 1.29 is 14.6 Å². The van der Waals surface area contributed by atoms with Crippen molar-refractivity contribution in [3.8, 4) is 0 Å². The summed E-state index contributed by atoms with van der Waals surface area (Å²) in [5.74, 6) is -0.501. The molecule has 0 radical (unpaired) electrons. The summed E-state index contributed by atoms with van der Waals surface area (Å²) in [6.45, 7) is 3.06. The summed E-state index contributed by atoms with van der Waals surface area (Å²) in [4.78, 5) is 10.1. The zero-order chi connectivity index (χ0) is 6.41. The number of aliphatic hydroxyl groups is 1. The van der Waals surface area contributed by atoms with Crippen LogP contribution >= 0.6 is 67.9 Å². The van der Waals surface area contributed by atoms with Gasteiger partial charge in [0.1, 0.15) is 6.61 Å². The van der Waals surface area contributed by atoms with Gasteiger partial charge in [0.15, 0.2) is 0 Å². The van der Waals surface area contributed by atoms with E-state index in [0.717, 1.165) is 6.08 Å². The Morgan fingerprint density at radius 3 is 2.00 bits per heavy atom. The second-order valence-electron chi connectivity index (χ2n) is 1.10. The van der Waals surface area contributed by atoms with E-state index >= 15 is 0 Å². The van der Waals surface area contributed by atoms with Crippen molar-refractivity contribution in [3.05, 3.63) is 12.7 Å². The standard InChI is InChI=1S/C5H8O3.4BrH/c1-2-5(7)8-4-3-6;;;;/h2,6H,1,3-4H2;4*1H. The predicted molar refractivity (Wildman–Crippen MR) is 69.5 cm³/mol. The van der Waals surface area contributed by atoms with Gasteiger partial charge in [-0.05, 0) is 0 Å². The third kappa shape index (κ3) is 22.5. The Bertz CT molecular complexity index is 98.7. The van der Waals surface area contributed by atoms with Gasteiger partial charge in [0.2, 0.25) is 0 Å². The fraction of sp³-hybridized carbons (Fsp3) is 0.400. The maximum Gasteiger partial charge on any atom is 0.330 e. The Kier molecular flexibility index (Phi) is 55.3. The van der Waals surface area contributed by atoms with Crippen molar-refractivity contribution in [3.63, 3.8) is 0 Å². The minimum Gasteiger partial charge on any atom is -0.460 e. The maximum absolute atomic E-state index is 10.1. The summed E-state index contributed by atoms with van der Waals surface area (Å²) in [5.41, 5.74) is 0. The van der Waals surface area contributed by atoms with E-state index in [-0.39, 0.29) is 81.1 Å². The Morgan fingerprint density at radius 2 is 1.75 bits per heavy atom. The first-order valence-corrected chi connectivity index (χ1v) is 2.21. The van der Waals surface area contributed by atoms with Gasteiger partial charge < -0.3 is 9.84 Å². The number of hydrogen-bond donors (Lipinski definition) is 1. The number of carbonyl (C=O) groups excluding carboxylic acids is 1. The highest BCUT2D eigenvalue weighted by Crippen LogP contribution is 1.75. The predicted octanol–water partition coefficient (Wildman–Crippen LogP) is 2.02. The fourth-order valence-electron chi connectivity index (χ4n) is 0.205. The van der Waals surface area contributed by atoms with E-state index in [2.05, 4.69) is 11.3 Å². The second kappa shape index (κ2) is 22.7. The van der Waals surface area contributed by atoms with Gasteiger partial charge >= 0.3 is 5.97 Å². The van der Waals surface area contributed by atoms with E-state index in [0.29, 0.717) is 0 Å². The topological polar surface area (TPSA) is 46.5 Å². The summed E-state index contributed by atoms with van der Waals surface area (Å²) in [7, 11) is 0. The molecule has 0 amide bonds. The van der Waals surface area contributed by atoms with Crippen LogP contribution in [0.5, 0.6) is 0 Å². The minimum atomic E-state index is -0.501. The zero-order valence-electron chi connectivity index (χ0n) is 6.10. The molecule has 0 aliphatic heterocycles. The molecule has 0 atom stereocenters. The maximum atomic E-state index is 10.1. The first-order chi connectivity index (χ1) is 3.81. The lowest BCUT2D eigenvalue weighted by Gasteiger charge is -1.94. The van der Waals surface area contributed by atoms with E-state index in [1.165, 1.54) is 0 Å². The van der Waals surface area contributed by atoms with Gasteiger partial charge in [0, 0.05) is 6.08 Å². The number of ether oxygens (including phenoxy) is 1. The minimum absolute atomic E-state index is 0. The molecule has 0 bridgehead atoms. The van der Waals surface area contributed by atoms with Crippen molar-refractivity contribution in [2.75, 3.05) is 13.2 Å². The highest BCUT2D eigenvalue weighted by atomic mass is 79.9. The normalized spacial score (nSPS) is 5.42. The molecule has 0 heterocycles. The van der Waals surface area contributed by atoms with E-state index in [4.69, 9.17) is 5.11 Å². The lowest BCUT2D eigenvalue weighted by molar-refractivity contribution is -0.138. The quantitative estimate of drug-likeness (QED) is 0.541. The summed E-state index contributed by atoms with van der Waals surface area (Å²) in [5, 5.41) is 8.10. The Morgan fingerprint density at radius 1 is 1.33 bits per heavy atom. The molecule has 0 unspecified atom stereocenters. The molecule has 7 heteroatoms. The van der Waals surface area contributed by atoms with Crippen molar-refractivity contribution >= 4 is 73.9 Å². The Hall–Kier alpha value is 1.09. The molecule has 0 aromatic heterocycles. The number of rotatable bonds is 3. The number of hydrogen-bond acceptors (Lipinski definition) is 3. The molecule has 0 aliphatic rings. The summed E-state index contributed by atoms with van der Waals surface area (Å²) in [6, 6.07) is 0. The molecule has 0 aliphatic carbocycles. The van der Waals surface area contributed by atoms with E-state index in [1.54, 1.807) is 0 Å². The van der Waals surface area contributed by atoms with Gasteiger partial charge in [-0.25, -0.2) is 4.79 Å². The number of esters is 1. The van der Waals surface area contributed by atoms with Gasteiger partial charge in [-0.15, -0.1) is 67.9 Å². The SMILES string of the molecule is Br.Br.Br.Br.C=CC(=O)OCCO. The van der Waals surface area contributed by atoms with Crippen molar-refractivity contribution in [2.45, 2.75) is 0 Å². The molecule has 0 fully saturated rings. The Balaban J connectivity index is -0.0000000408. The molecule has 0 rings (SSSR count). The average molecular weight is 440 g/mol. The molecule has 0 spiro atoms. The third-order valence-electron chi connectivity index (χ3n) is 0.502. The Labute approximate surface area is 114 Å². The first kappa shape index (κ1) is 29.2. The van der Waals surface area contributed by atoms with Crippen LogP contribution in [-0.4, -0.2) is 24.3 Å². The number of halogens is 4. The largest absolute Gasteiger partial charge is 0.460 e. The smallest absolute Gasteiger partial charge is 0.330 e. The second-order valence-corrected chi connectivity index (χ2v) is 1.10. The molecule has 0 saturated carbocycles. The zero-order valence-corrected chi connectivity index (χ0v) is 12.9. The van der Waals surface area contributed by atoms with Crippen LogP contribution in [0.4, 0.5) is 0 Å². The van der Waals surface area contributed by atoms with Crippen molar-refractivity contribution in [1.29, 1.82) is 0 Å². The first-order valence-electron chi connectivity index (χ1n) is 2.21. The summed E-state index contributed by atoms with van der Waals surface area (Å²) >= 11 is 0.